The largest absolute Gasteiger partial charge is 0.460 e. The predicted molar refractivity (Wildman–Crippen MR) is 91.6 cm³/mol. The van der Waals surface area contributed by atoms with Crippen molar-refractivity contribution in [3.05, 3.63) is 65.2 Å². The number of rotatable bonds is 5. The molecule has 26 heavy (non-hydrogen) atoms. The number of benzene rings is 2. The van der Waals surface area contributed by atoms with Gasteiger partial charge in [-0.05, 0) is 36.4 Å². The second-order valence-electron chi connectivity index (χ2n) is 5.74. The number of carbonyl (C=O) groups is 3. The molecule has 1 aliphatic rings. The smallest absolute Gasteiger partial charge is 0.338 e. The summed E-state index contributed by atoms with van der Waals surface area (Å²) in [6, 6.07) is 11.8. The molecule has 0 atom stereocenters. The van der Waals surface area contributed by atoms with Crippen molar-refractivity contribution >= 4 is 27.6 Å². The van der Waals surface area contributed by atoms with Crippen LogP contribution >= 0.6 is 0 Å². The SMILES string of the molecule is CS(=O)(=O)c1ccc(C(=O)OCCN2C(=O)c3ccccc3C2=O)cc1. The minimum Gasteiger partial charge on any atom is -0.460 e. The van der Waals surface area contributed by atoms with Crippen molar-refractivity contribution in [3.63, 3.8) is 0 Å². The molecule has 0 aromatic heterocycles. The van der Waals surface area contributed by atoms with E-state index in [2.05, 4.69) is 0 Å². The third kappa shape index (κ3) is 3.36. The number of esters is 1. The van der Waals surface area contributed by atoms with E-state index in [1.54, 1.807) is 24.3 Å². The van der Waals surface area contributed by atoms with E-state index in [1.807, 2.05) is 0 Å². The lowest BCUT2D eigenvalue weighted by Gasteiger charge is -2.13. The molecule has 2 aromatic carbocycles. The van der Waals surface area contributed by atoms with Gasteiger partial charge in [-0.15, -0.1) is 0 Å². The van der Waals surface area contributed by atoms with Crippen LogP contribution in [0.15, 0.2) is 53.4 Å². The standard InChI is InChI=1S/C18H15NO6S/c1-26(23,24)13-8-6-12(7-9-13)18(22)25-11-10-19-16(20)14-4-2-3-5-15(14)17(19)21/h2-9H,10-11H2,1H3. The van der Waals surface area contributed by atoms with Crippen molar-refractivity contribution in [2.45, 2.75) is 4.90 Å². The van der Waals surface area contributed by atoms with Gasteiger partial charge in [-0.1, -0.05) is 12.1 Å². The molecule has 0 fully saturated rings. The van der Waals surface area contributed by atoms with Gasteiger partial charge in [-0.3, -0.25) is 14.5 Å². The lowest BCUT2D eigenvalue weighted by Crippen LogP contribution is -2.33. The summed E-state index contributed by atoms with van der Waals surface area (Å²) in [6.45, 7) is -0.211. The summed E-state index contributed by atoms with van der Waals surface area (Å²) in [5, 5.41) is 0. The maximum Gasteiger partial charge on any atom is 0.338 e. The van der Waals surface area contributed by atoms with Crippen LogP contribution in [-0.4, -0.2) is 50.5 Å². The summed E-state index contributed by atoms with van der Waals surface area (Å²) < 4.78 is 27.9. The Morgan fingerprint density at radius 2 is 1.50 bits per heavy atom. The van der Waals surface area contributed by atoms with E-state index in [9.17, 15) is 22.8 Å². The number of fused-ring (bicyclic) bond motifs is 1. The van der Waals surface area contributed by atoms with Crippen LogP contribution in [0.2, 0.25) is 0 Å². The fourth-order valence-electron chi connectivity index (χ4n) is 2.59. The Kier molecular flexibility index (Phi) is 4.60. The van der Waals surface area contributed by atoms with Gasteiger partial charge in [0.2, 0.25) is 0 Å². The molecule has 0 unspecified atom stereocenters. The van der Waals surface area contributed by atoms with E-state index < -0.39 is 27.6 Å². The number of carbonyl (C=O) groups excluding carboxylic acids is 3. The van der Waals surface area contributed by atoms with Gasteiger partial charge < -0.3 is 4.74 Å². The third-order valence-corrected chi connectivity index (χ3v) is 5.07. The first-order chi connectivity index (χ1) is 12.3. The van der Waals surface area contributed by atoms with Crippen LogP contribution in [0.1, 0.15) is 31.1 Å². The van der Waals surface area contributed by atoms with E-state index in [-0.39, 0.29) is 23.6 Å². The summed E-state index contributed by atoms with van der Waals surface area (Å²) in [6.07, 6.45) is 1.07. The number of amides is 2. The Balaban J connectivity index is 1.60. The van der Waals surface area contributed by atoms with E-state index in [1.165, 1.54) is 24.3 Å². The van der Waals surface area contributed by atoms with E-state index >= 15 is 0 Å². The van der Waals surface area contributed by atoms with Crippen molar-refractivity contribution in [2.24, 2.45) is 0 Å². The van der Waals surface area contributed by atoms with Crippen LogP contribution in [0.5, 0.6) is 0 Å². The van der Waals surface area contributed by atoms with Gasteiger partial charge in [0.25, 0.3) is 11.8 Å². The fourth-order valence-corrected chi connectivity index (χ4v) is 3.22. The first-order valence-electron chi connectivity index (χ1n) is 7.71. The summed E-state index contributed by atoms with van der Waals surface area (Å²) in [5.41, 5.74) is 0.847. The number of hydrogen-bond acceptors (Lipinski definition) is 6. The summed E-state index contributed by atoms with van der Waals surface area (Å²) >= 11 is 0. The monoisotopic (exact) mass is 373 g/mol. The highest BCUT2D eigenvalue weighted by Crippen LogP contribution is 2.22. The Labute approximate surface area is 150 Å². The predicted octanol–water partition coefficient (Wildman–Crippen LogP) is 1.54. The Bertz CT molecular complexity index is 960. The van der Waals surface area contributed by atoms with Gasteiger partial charge in [0.1, 0.15) is 6.61 Å². The minimum absolute atomic E-state index is 0.0560. The molecule has 1 heterocycles. The average Bonchev–Trinajstić information content (AvgIpc) is 2.86. The molecule has 134 valence electrons. The Hall–Kier alpha value is -3.00. The number of imide groups is 1. The van der Waals surface area contributed by atoms with Gasteiger partial charge in [0, 0.05) is 6.26 Å². The lowest BCUT2D eigenvalue weighted by molar-refractivity contribution is 0.0420. The van der Waals surface area contributed by atoms with E-state index in [0.29, 0.717) is 11.1 Å². The highest BCUT2D eigenvalue weighted by atomic mass is 32.2. The van der Waals surface area contributed by atoms with Gasteiger partial charge in [-0.2, -0.15) is 0 Å². The van der Waals surface area contributed by atoms with Crippen LogP contribution in [0.25, 0.3) is 0 Å². The highest BCUT2D eigenvalue weighted by molar-refractivity contribution is 7.90. The first-order valence-corrected chi connectivity index (χ1v) is 9.60. The fraction of sp³-hybridized carbons (Fsp3) is 0.167. The number of ether oxygens (including phenoxy) is 1. The zero-order valence-electron chi connectivity index (χ0n) is 13.8. The molecule has 2 aromatic rings. The van der Waals surface area contributed by atoms with Crippen molar-refractivity contribution in [1.29, 1.82) is 0 Å². The molecule has 2 amide bonds. The maximum atomic E-state index is 12.2. The van der Waals surface area contributed by atoms with Gasteiger partial charge >= 0.3 is 5.97 Å². The van der Waals surface area contributed by atoms with Crippen molar-refractivity contribution in [2.75, 3.05) is 19.4 Å². The van der Waals surface area contributed by atoms with Crippen LogP contribution < -0.4 is 0 Å². The number of sulfone groups is 1. The van der Waals surface area contributed by atoms with Crippen molar-refractivity contribution in [3.8, 4) is 0 Å². The van der Waals surface area contributed by atoms with Crippen LogP contribution in [0.3, 0.4) is 0 Å². The third-order valence-electron chi connectivity index (χ3n) is 3.94. The zero-order chi connectivity index (χ0) is 18.9. The molecule has 3 rings (SSSR count). The summed E-state index contributed by atoms with van der Waals surface area (Å²) in [5.74, 6) is -1.50. The van der Waals surface area contributed by atoms with E-state index in [0.717, 1.165) is 11.2 Å². The summed E-state index contributed by atoms with van der Waals surface area (Å²) in [7, 11) is -3.35. The van der Waals surface area contributed by atoms with E-state index in [4.69, 9.17) is 4.74 Å². The second kappa shape index (κ2) is 6.72. The van der Waals surface area contributed by atoms with Crippen molar-refractivity contribution < 1.29 is 27.5 Å². The lowest BCUT2D eigenvalue weighted by atomic mass is 10.1. The van der Waals surface area contributed by atoms with Gasteiger partial charge in [-0.25, -0.2) is 13.2 Å². The molecule has 7 nitrogen and oxygen atoms in total. The molecule has 0 aliphatic carbocycles. The number of nitrogens with zero attached hydrogens (tertiary/aromatic N) is 1. The topological polar surface area (TPSA) is 97.8 Å². The molecule has 0 saturated carbocycles. The summed E-state index contributed by atoms with van der Waals surface area (Å²) in [4.78, 5) is 37.5. The molecular weight excluding hydrogens is 358 g/mol. The highest BCUT2D eigenvalue weighted by Gasteiger charge is 2.34. The molecule has 1 aliphatic heterocycles. The molecular formula is C18H15NO6S. The maximum absolute atomic E-state index is 12.2. The zero-order valence-corrected chi connectivity index (χ0v) is 14.7. The van der Waals surface area contributed by atoms with Crippen LogP contribution in [-0.2, 0) is 14.6 Å². The van der Waals surface area contributed by atoms with Crippen LogP contribution in [0.4, 0.5) is 0 Å². The number of hydrogen-bond donors (Lipinski definition) is 0. The molecule has 8 heteroatoms. The Morgan fingerprint density at radius 3 is 2.00 bits per heavy atom. The molecule has 0 spiro atoms. The second-order valence-corrected chi connectivity index (χ2v) is 7.76. The normalized spacial score (nSPS) is 13.7. The van der Waals surface area contributed by atoms with Gasteiger partial charge in [0.15, 0.2) is 9.84 Å². The molecule has 0 saturated heterocycles. The average molecular weight is 373 g/mol. The van der Waals surface area contributed by atoms with Crippen molar-refractivity contribution in [1.82, 2.24) is 4.90 Å². The Morgan fingerprint density at radius 1 is 0.962 bits per heavy atom. The first kappa shape index (κ1) is 17.8. The molecule has 0 radical (unpaired) electrons. The molecule has 0 N–H and O–H groups in total. The molecule has 0 bridgehead atoms. The van der Waals surface area contributed by atoms with Crippen LogP contribution in [0, 0.1) is 0 Å². The quantitative estimate of drug-likeness (QED) is 0.582. The van der Waals surface area contributed by atoms with Gasteiger partial charge in [0.05, 0.1) is 28.1 Å². The minimum atomic E-state index is -3.35.